The van der Waals surface area contributed by atoms with E-state index in [0.29, 0.717) is 5.41 Å². The van der Waals surface area contributed by atoms with E-state index in [9.17, 15) is 4.79 Å². The average molecular weight is 431 g/mol. The Kier molecular flexibility index (Phi) is 6.54. The minimum atomic E-state index is -1.11. The Morgan fingerprint density at radius 2 is 1.87 bits per heavy atom. The van der Waals surface area contributed by atoms with Gasteiger partial charge < -0.3 is 9.84 Å². The van der Waals surface area contributed by atoms with E-state index in [1.807, 2.05) is 0 Å². The minimum Gasteiger partial charge on any atom is -0.450 e. The van der Waals surface area contributed by atoms with Crippen molar-refractivity contribution in [3.63, 3.8) is 0 Å². The molecule has 3 fully saturated rings. The van der Waals surface area contributed by atoms with Gasteiger partial charge in [0.2, 0.25) is 0 Å². The molecule has 176 valence electrons. The van der Waals surface area contributed by atoms with Crippen molar-refractivity contribution in [2.75, 3.05) is 0 Å². The van der Waals surface area contributed by atoms with Gasteiger partial charge >= 0.3 is 6.16 Å². The molecule has 1 N–H and O–H groups in total. The summed E-state index contributed by atoms with van der Waals surface area (Å²) in [5.41, 5.74) is 2.30. The van der Waals surface area contributed by atoms with Crippen LogP contribution in [-0.4, -0.2) is 17.4 Å². The van der Waals surface area contributed by atoms with Crippen LogP contribution in [-0.2, 0) is 4.74 Å². The van der Waals surface area contributed by atoms with Crippen molar-refractivity contribution < 1.29 is 14.6 Å². The molecule has 31 heavy (non-hydrogen) atoms. The first-order chi connectivity index (χ1) is 14.6. The van der Waals surface area contributed by atoms with Gasteiger partial charge in [-0.05, 0) is 91.3 Å². The van der Waals surface area contributed by atoms with Gasteiger partial charge in [0.05, 0.1) is 0 Å². The first-order valence-electron chi connectivity index (χ1n) is 13.2. The van der Waals surface area contributed by atoms with Crippen LogP contribution in [0.15, 0.2) is 11.6 Å². The molecule has 0 saturated heterocycles. The van der Waals surface area contributed by atoms with Crippen LogP contribution in [0.2, 0.25) is 0 Å². The zero-order valence-corrected chi connectivity index (χ0v) is 20.7. The highest BCUT2D eigenvalue weighted by molar-refractivity contribution is 5.57. The summed E-state index contributed by atoms with van der Waals surface area (Å²) in [5.74, 6) is 5.09. The van der Waals surface area contributed by atoms with Crippen molar-refractivity contribution in [1.29, 1.82) is 0 Å². The van der Waals surface area contributed by atoms with Gasteiger partial charge in [0.25, 0.3) is 0 Å². The number of carboxylic acid groups (broad SMARTS) is 1. The Morgan fingerprint density at radius 1 is 1.10 bits per heavy atom. The van der Waals surface area contributed by atoms with Gasteiger partial charge in [-0.3, -0.25) is 0 Å². The van der Waals surface area contributed by atoms with Gasteiger partial charge in [-0.25, -0.2) is 4.79 Å². The zero-order valence-electron chi connectivity index (χ0n) is 20.7. The fourth-order valence-electron chi connectivity index (χ4n) is 8.90. The molecule has 4 rings (SSSR count). The van der Waals surface area contributed by atoms with Crippen molar-refractivity contribution in [3.05, 3.63) is 11.6 Å². The largest absolute Gasteiger partial charge is 0.506 e. The first kappa shape index (κ1) is 23.2. The molecule has 8 atom stereocenters. The summed E-state index contributed by atoms with van der Waals surface area (Å²) in [4.78, 5) is 11.0. The number of ether oxygens (including phenoxy) is 1. The Labute approximate surface area is 190 Å². The third-order valence-corrected chi connectivity index (χ3v) is 10.5. The van der Waals surface area contributed by atoms with E-state index in [0.717, 1.165) is 54.8 Å². The molecule has 0 aliphatic heterocycles. The smallest absolute Gasteiger partial charge is 0.450 e. The molecule has 3 heteroatoms. The lowest BCUT2D eigenvalue weighted by atomic mass is 9.47. The van der Waals surface area contributed by atoms with Crippen molar-refractivity contribution in [2.24, 2.45) is 46.3 Å². The minimum absolute atomic E-state index is 0.134. The molecular weight excluding hydrogens is 384 g/mol. The summed E-state index contributed by atoms with van der Waals surface area (Å²) in [5, 5.41) is 9.05. The quantitative estimate of drug-likeness (QED) is 0.342. The molecule has 3 saturated carbocycles. The molecule has 0 unspecified atom stereocenters. The van der Waals surface area contributed by atoms with Crippen LogP contribution in [0.1, 0.15) is 105 Å². The molecule has 0 bridgehead atoms. The lowest BCUT2D eigenvalue weighted by Gasteiger charge is -2.58. The number of hydrogen-bond acceptors (Lipinski definition) is 2. The average Bonchev–Trinajstić information content (AvgIpc) is 3.05. The van der Waals surface area contributed by atoms with Crippen LogP contribution in [0.3, 0.4) is 0 Å². The topological polar surface area (TPSA) is 46.5 Å². The molecular formula is C28H46O3. The molecule has 0 aromatic carbocycles. The van der Waals surface area contributed by atoms with Crippen molar-refractivity contribution in [3.8, 4) is 0 Å². The second-order valence-corrected chi connectivity index (χ2v) is 12.5. The molecule has 0 heterocycles. The Bertz CT molecular complexity index is 696. The van der Waals surface area contributed by atoms with E-state index in [-0.39, 0.29) is 11.5 Å². The van der Waals surface area contributed by atoms with Gasteiger partial charge in [0, 0.05) is 6.42 Å². The number of hydrogen-bond donors (Lipinski definition) is 1. The van der Waals surface area contributed by atoms with Crippen LogP contribution in [0.4, 0.5) is 4.79 Å². The summed E-state index contributed by atoms with van der Waals surface area (Å²) in [7, 11) is 0. The van der Waals surface area contributed by atoms with Crippen molar-refractivity contribution in [2.45, 2.75) is 111 Å². The summed E-state index contributed by atoms with van der Waals surface area (Å²) in [6.45, 7) is 12.4. The highest BCUT2D eigenvalue weighted by Crippen LogP contribution is 2.67. The molecule has 0 aromatic heterocycles. The molecule has 0 amide bonds. The Balaban J connectivity index is 1.47. The van der Waals surface area contributed by atoms with Gasteiger partial charge in [0.1, 0.15) is 6.10 Å². The van der Waals surface area contributed by atoms with Gasteiger partial charge in [-0.15, -0.1) is 0 Å². The standard InChI is InChI=1S/C28H46O3/c1-18(2)7-6-8-19(3)23-11-12-24-22-10-9-20-17-21(31-26(29)30)13-15-27(20,4)25(22)14-16-28(23,24)5/h9,18-19,21-25H,6-8,10-17H2,1-5H3,(H,29,30)/t19-,21+,22+,23-,24+,25+,27+,28-/m1/s1. The van der Waals surface area contributed by atoms with Gasteiger partial charge in [-0.1, -0.05) is 65.5 Å². The van der Waals surface area contributed by atoms with E-state index in [1.165, 1.54) is 56.9 Å². The maximum atomic E-state index is 11.0. The SMILES string of the molecule is CC(C)CCC[C@@H](C)[C@H]1CC[C@H]2[C@@H]3CC=C4C[C@@H](OC(=O)O)CC[C@]4(C)[C@H]3CC[C@]12C. The molecule has 0 aromatic rings. The van der Waals surface area contributed by atoms with Gasteiger partial charge in [-0.2, -0.15) is 0 Å². The number of rotatable bonds is 6. The van der Waals surface area contributed by atoms with Crippen LogP contribution < -0.4 is 0 Å². The summed E-state index contributed by atoms with van der Waals surface area (Å²) in [6.07, 6.45) is 15.1. The van der Waals surface area contributed by atoms with Crippen LogP contribution >= 0.6 is 0 Å². The lowest BCUT2D eigenvalue weighted by molar-refractivity contribution is -0.0601. The van der Waals surface area contributed by atoms with Crippen molar-refractivity contribution in [1.82, 2.24) is 0 Å². The zero-order chi connectivity index (χ0) is 22.4. The number of allylic oxidation sites excluding steroid dienone is 1. The number of fused-ring (bicyclic) bond motifs is 5. The predicted molar refractivity (Wildman–Crippen MR) is 126 cm³/mol. The summed E-state index contributed by atoms with van der Waals surface area (Å²) < 4.78 is 5.17. The maximum Gasteiger partial charge on any atom is 0.506 e. The highest BCUT2D eigenvalue weighted by Gasteiger charge is 2.59. The monoisotopic (exact) mass is 430 g/mol. The fourth-order valence-corrected chi connectivity index (χ4v) is 8.90. The summed E-state index contributed by atoms with van der Waals surface area (Å²) >= 11 is 0. The van der Waals surface area contributed by atoms with E-state index in [1.54, 1.807) is 0 Å². The van der Waals surface area contributed by atoms with E-state index in [4.69, 9.17) is 9.84 Å². The maximum absolute atomic E-state index is 11.0. The first-order valence-corrected chi connectivity index (χ1v) is 13.2. The van der Waals surface area contributed by atoms with E-state index < -0.39 is 6.16 Å². The lowest BCUT2D eigenvalue weighted by Crippen LogP contribution is -2.51. The predicted octanol–water partition coefficient (Wildman–Crippen LogP) is 8.09. The van der Waals surface area contributed by atoms with Crippen molar-refractivity contribution >= 4 is 6.16 Å². The van der Waals surface area contributed by atoms with E-state index >= 15 is 0 Å². The Hall–Kier alpha value is -0.990. The summed E-state index contributed by atoms with van der Waals surface area (Å²) in [6, 6.07) is 0. The third kappa shape index (κ3) is 4.20. The second-order valence-electron chi connectivity index (χ2n) is 12.5. The normalized spacial score (nSPS) is 42.9. The number of carbonyl (C=O) groups is 1. The second kappa shape index (κ2) is 8.75. The molecule has 4 aliphatic carbocycles. The van der Waals surface area contributed by atoms with Crippen LogP contribution in [0.5, 0.6) is 0 Å². The van der Waals surface area contributed by atoms with Gasteiger partial charge in [0.15, 0.2) is 0 Å². The Morgan fingerprint density at radius 3 is 2.58 bits per heavy atom. The molecule has 4 aliphatic rings. The molecule has 3 nitrogen and oxygen atoms in total. The highest BCUT2D eigenvalue weighted by atomic mass is 16.7. The van der Waals surface area contributed by atoms with Crippen LogP contribution in [0, 0.1) is 46.3 Å². The third-order valence-electron chi connectivity index (χ3n) is 10.5. The fraction of sp³-hybridized carbons (Fsp3) is 0.893. The van der Waals surface area contributed by atoms with E-state index in [2.05, 4.69) is 40.7 Å². The molecule has 0 radical (unpaired) electrons. The molecule has 0 spiro atoms. The van der Waals surface area contributed by atoms with Crippen LogP contribution in [0.25, 0.3) is 0 Å².